The Morgan fingerprint density at radius 1 is 1.10 bits per heavy atom. The van der Waals surface area contributed by atoms with Gasteiger partial charge in [0.05, 0.1) is 0 Å². The Morgan fingerprint density at radius 3 is 2.55 bits per heavy atom. The summed E-state index contributed by atoms with van der Waals surface area (Å²) in [5.41, 5.74) is 2.42. The van der Waals surface area contributed by atoms with E-state index in [1.165, 1.54) is 5.56 Å². The maximum Gasteiger partial charge on any atom is 0.161 e. The molecule has 0 atom stereocenters. The van der Waals surface area contributed by atoms with Crippen LogP contribution in [0.4, 0.5) is 5.82 Å². The minimum Gasteiger partial charge on any atom is -0.354 e. The first-order chi connectivity index (χ1) is 9.86. The van der Waals surface area contributed by atoms with Gasteiger partial charge in [0, 0.05) is 37.9 Å². The van der Waals surface area contributed by atoms with Crippen molar-refractivity contribution in [2.45, 2.75) is 13.3 Å². The summed E-state index contributed by atoms with van der Waals surface area (Å²) < 4.78 is 0. The highest BCUT2D eigenvalue weighted by Crippen LogP contribution is 2.19. The molecule has 2 aromatic rings. The van der Waals surface area contributed by atoms with E-state index in [2.05, 4.69) is 46.4 Å². The lowest BCUT2D eigenvalue weighted by molar-refractivity contribution is 0.585. The van der Waals surface area contributed by atoms with E-state index in [0.29, 0.717) is 0 Å². The normalized spacial score (nSPS) is 15.3. The maximum absolute atomic E-state index is 4.71. The fraction of sp³-hybridized carbons (Fsp3) is 0.375. The Balaban J connectivity index is 1.85. The highest BCUT2D eigenvalue weighted by Gasteiger charge is 2.12. The van der Waals surface area contributed by atoms with Crippen molar-refractivity contribution in [1.29, 1.82) is 0 Å². The van der Waals surface area contributed by atoms with Crippen molar-refractivity contribution in [3.63, 3.8) is 0 Å². The lowest BCUT2D eigenvalue weighted by atomic mass is 10.1. The molecule has 20 heavy (non-hydrogen) atoms. The van der Waals surface area contributed by atoms with Gasteiger partial charge in [-0.2, -0.15) is 0 Å². The Morgan fingerprint density at radius 2 is 1.85 bits per heavy atom. The predicted octanol–water partition coefficient (Wildman–Crippen LogP) is 2.12. The first-order valence-corrected chi connectivity index (χ1v) is 7.25. The van der Waals surface area contributed by atoms with Crippen LogP contribution in [0.3, 0.4) is 0 Å². The van der Waals surface area contributed by atoms with E-state index in [9.17, 15) is 0 Å². The molecule has 1 aliphatic heterocycles. The second-order valence-electron chi connectivity index (χ2n) is 5.03. The molecule has 1 aliphatic rings. The monoisotopic (exact) mass is 268 g/mol. The molecule has 2 heterocycles. The van der Waals surface area contributed by atoms with Gasteiger partial charge in [0.25, 0.3) is 0 Å². The molecule has 0 bridgehead atoms. The largest absolute Gasteiger partial charge is 0.354 e. The highest BCUT2D eigenvalue weighted by molar-refractivity contribution is 5.57. The summed E-state index contributed by atoms with van der Waals surface area (Å²) >= 11 is 0. The number of aromatic nitrogens is 2. The van der Waals surface area contributed by atoms with Gasteiger partial charge in [-0.05, 0) is 18.1 Å². The van der Waals surface area contributed by atoms with Crippen molar-refractivity contribution in [2.24, 2.45) is 0 Å². The summed E-state index contributed by atoms with van der Waals surface area (Å²) in [5, 5.41) is 3.36. The third-order valence-electron chi connectivity index (χ3n) is 3.70. The zero-order valence-electron chi connectivity index (χ0n) is 11.8. The topological polar surface area (TPSA) is 41.1 Å². The van der Waals surface area contributed by atoms with E-state index in [0.717, 1.165) is 49.8 Å². The van der Waals surface area contributed by atoms with Crippen molar-refractivity contribution in [1.82, 2.24) is 15.3 Å². The smallest absolute Gasteiger partial charge is 0.161 e. The molecule has 0 unspecified atom stereocenters. The second kappa shape index (κ2) is 6.01. The lowest BCUT2D eigenvalue weighted by Crippen LogP contribution is -2.43. The molecule has 0 saturated carbocycles. The standard InChI is InChI=1S/C16H20N4/c1-2-13-3-5-14(6-4-13)16-18-8-7-15(19-16)20-11-9-17-10-12-20/h3-8,17H,2,9-12H2,1H3. The first kappa shape index (κ1) is 13.1. The van der Waals surface area contributed by atoms with Gasteiger partial charge < -0.3 is 10.2 Å². The summed E-state index contributed by atoms with van der Waals surface area (Å²) in [5.74, 6) is 1.83. The van der Waals surface area contributed by atoms with E-state index in [-0.39, 0.29) is 0 Å². The van der Waals surface area contributed by atoms with E-state index < -0.39 is 0 Å². The average molecular weight is 268 g/mol. The number of piperazine rings is 1. The fourth-order valence-corrected chi connectivity index (χ4v) is 2.45. The Labute approximate surface area is 119 Å². The lowest BCUT2D eigenvalue weighted by Gasteiger charge is -2.28. The Hall–Kier alpha value is -1.94. The second-order valence-corrected chi connectivity index (χ2v) is 5.03. The van der Waals surface area contributed by atoms with Gasteiger partial charge in [-0.25, -0.2) is 9.97 Å². The van der Waals surface area contributed by atoms with Crippen LogP contribution >= 0.6 is 0 Å². The van der Waals surface area contributed by atoms with Gasteiger partial charge in [-0.1, -0.05) is 31.2 Å². The quantitative estimate of drug-likeness (QED) is 0.925. The summed E-state index contributed by atoms with van der Waals surface area (Å²) in [7, 11) is 0. The van der Waals surface area contributed by atoms with Crippen molar-refractivity contribution >= 4 is 5.82 Å². The van der Waals surface area contributed by atoms with Gasteiger partial charge in [0.1, 0.15) is 5.82 Å². The molecule has 0 radical (unpaired) electrons. The van der Waals surface area contributed by atoms with Crippen molar-refractivity contribution < 1.29 is 0 Å². The number of anilines is 1. The summed E-state index contributed by atoms with van der Waals surface area (Å²) in [4.78, 5) is 11.4. The third kappa shape index (κ3) is 2.80. The molecule has 104 valence electrons. The zero-order valence-corrected chi connectivity index (χ0v) is 11.8. The van der Waals surface area contributed by atoms with Crippen LogP contribution in [0.15, 0.2) is 36.5 Å². The molecule has 0 aliphatic carbocycles. The number of hydrogen-bond donors (Lipinski definition) is 1. The molecule has 3 rings (SSSR count). The molecule has 4 nitrogen and oxygen atoms in total. The van der Waals surface area contributed by atoms with Crippen LogP contribution in [-0.2, 0) is 6.42 Å². The fourth-order valence-electron chi connectivity index (χ4n) is 2.45. The van der Waals surface area contributed by atoms with Crippen LogP contribution in [0.5, 0.6) is 0 Å². The van der Waals surface area contributed by atoms with Crippen LogP contribution < -0.4 is 10.2 Å². The predicted molar refractivity (Wildman–Crippen MR) is 81.9 cm³/mol. The van der Waals surface area contributed by atoms with Crippen molar-refractivity contribution in [2.75, 3.05) is 31.1 Å². The summed E-state index contributed by atoms with van der Waals surface area (Å²) in [6.07, 6.45) is 2.91. The van der Waals surface area contributed by atoms with Crippen LogP contribution in [-0.4, -0.2) is 36.1 Å². The molecular weight excluding hydrogens is 248 g/mol. The van der Waals surface area contributed by atoms with Gasteiger partial charge in [-0.3, -0.25) is 0 Å². The minimum absolute atomic E-state index is 0.809. The van der Waals surface area contributed by atoms with Crippen LogP contribution in [0.1, 0.15) is 12.5 Å². The first-order valence-electron chi connectivity index (χ1n) is 7.25. The molecule has 1 aromatic heterocycles. The molecule has 0 spiro atoms. The number of benzene rings is 1. The molecule has 1 N–H and O–H groups in total. The van der Waals surface area contributed by atoms with Crippen molar-refractivity contribution in [3.8, 4) is 11.4 Å². The van der Waals surface area contributed by atoms with Gasteiger partial charge in [0.15, 0.2) is 5.82 Å². The molecule has 0 amide bonds. The van der Waals surface area contributed by atoms with Gasteiger partial charge >= 0.3 is 0 Å². The molecule has 1 aromatic carbocycles. The van der Waals surface area contributed by atoms with Crippen molar-refractivity contribution in [3.05, 3.63) is 42.1 Å². The van der Waals surface area contributed by atoms with E-state index in [1.54, 1.807) is 0 Å². The van der Waals surface area contributed by atoms with E-state index in [4.69, 9.17) is 4.98 Å². The maximum atomic E-state index is 4.71. The average Bonchev–Trinajstić information content (AvgIpc) is 2.56. The Kier molecular flexibility index (Phi) is 3.92. The van der Waals surface area contributed by atoms with Crippen LogP contribution in [0.2, 0.25) is 0 Å². The Bertz CT molecular complexity index is 559. The number of hydrogen-bond acceptors (Lipinski definition) is 4. The molecule has 1 fully saturated rings. The number of rotatable bonds is 3. The third-order valence-corrected chi connectivity index (χ3v) is 3.70. The summed E-state index contributed by atoms with van der Waals surface area (Å²) in [6, 6.07) is 10.5. The highest BCUT2D eigenvalue weighted by atomic mass is 15.2. The molecule has 4 heteroatoms. The van der Waals surface area contributed by atoms with Gasteiger partial charge in [-0.15, -0.1) is 0 Å². The molecular formula is C16H20N4. The van der Waals surface area contributed by atoms with Gasteiger partial charge in [0.2, 0.25) is 0 Å². The minimum atomic E-state index is 0.809. The molecule has 1 saturated heterocycles. The number of aryl methyl sites for hydroxylation is 1. The zero-order chi connectivity index (χ0) is 13.8. The number of nitrogens with zero attached hydrogens (tertiary/aromatic N) is 3. The van der Waals surface area contributed by atoms with Crippen LogP contribution in [0.25, 0.3) is 11.4 Å². The SMILES string of the molecule is CCc1ccc(-c2nccc(N3CCNCC3)n2)cc1. The summed E-state index contributed by atoms with van der Waals surface area (Å²) in [6.45, 7) is 6.21. The van der Waals surface area contributed by atoms with Crippen LogP contribution in [0, 0.1) is 0 Å². The van der Waals surface area contributed by atoms with E-state index >= 15 is 0 Å². The van der Waals surface area contributed by atoms with E-state index in [1.807, 2.05) is 12.3 Å². The number of nitrogens with one attached hydrogen (secondary N) is 1.